The lowest BCUT2D eigenvalue weighted by atomic mass is 9.76. The molecule has 21 heavy (non-hydrogen) atoms. The number of fused-ring (bicyclic) bond motifs is 1. The highest BCUT2D eigenvalue weighted by Crippen LogP contribution is 2.36. The summed E-state index contributed by atoms with van der Waals surface area (Å²) in [7, 11) is -0.625. The molecule has 1 aromatic carbocycles. The van der Waals surface area contributed by atoms with E-state index in [0.717, 1.165) is 0 Å². The minimum Gasteiger partial charge on any atom is -0.399 e. The molecule has 0 unspecified atom stereocenters. The molecule has 0 spiro atoms. The van der Waals surface area contributed by atoms with Crippen molar-refractivity contribution in [3.05, 3.63) is 40.6 Å². The predicted octanol–water partition coefficient (Wildman–Crippen LogP) is 1.97. The van der Waals surface area contributed by atoms with Gasteiger partial charge in [0.2, 0.25) is 0 Å². The molecule has 4 nitrogen and oxygen atoms in total. The molecule has 0 amide bonds. The van der Waals surface area contributed by atoms with E-state index in [4.69, 9.17) is 9.31 Å². The van der Waals surface area contributed by atoms with Crippen molar-refractivity contribution >= 4 is 23.4 Å². The second-order valence-corrected chi connectivity index (χ2v) is 6.32. The molecule has 3 rings (SSSR count). The minimum atomic E-state index is -0.625. The summed E-state index contributed by atoms with van der Waals surface area (Å²) < 4.78 is 25.9. The third-order valence-electron chi connectivity index (χ3n) is 4.43. The van der Waals surface area contributed by atoms with Crippen LogP contribution >= 0.6 is 0 Å². The highest BCUT2D eigenvalue weighted by Gasteiger charge is 2.52. The van der Waals surface area contributed by atoms with Crippen LogP contribution in [0.1, 0.15) is 27.7 Å². The molecule has 0 radical (unpaired) electrons. The normalized spacial score (nSPS) is 20.1. The standard InChI is InChI=1S/C15H17BFNO3/c1-14(2)15(3,4)21-16(20-14)10-5-6-11(17)12-9(10)7-8-18-13(12)19/h5-8H,1-4H3,(H,18,19). The largest absolute Gasteiger partial charge is 0.495 e. The smallest absolute Gasteiger partial charge is 0.399 e. The van der Waals surface area contributed by atoms with Gasteiger partial charge in [-0.25, -0.2) is 4.39 Å². The lowest BCUT2D eigenvalue weighted by Gasteiger charge is -2.32. The Labute approximate surface area is 122 Å². The van der Waals surface area contributed by atoms with E-state index in [0.29, 0.717) is 10.8 Å². The highest BCUT2D eigenvalue weighted by molar-refractivity contribution is 6.65. The van der Waals surface area contributed by atoms with E-state index in [1.165, 1.54) is 12.3 Å². The third-order valence-corrected chi connectivity index (χ3v) is 4.43. The van der Waals surface area contributed by atoms with E-state index in [1.807, 2.05) is 27.7 Å². The van der Waals surface area contributed by atoms with Crippen LogP contribution in [0.5, 0.6) is 0 Å². The molecule has 1 fully saturated rings. The molecule has 1 aliphatic rings. The third kappa shape index (κ3) is 2.10. The molecule has 1 N–H and O–H groups in total. The van der Waals surface area contributed by atoms with E-state index in [-0.39, 0.29) is 5.39 Å². The number of benzene rings is 1. The van der Waals surface area contributed by atoms with Crippen molar-refractivity contribution in [2.45, 2.75) is 38.9 Å². The van der Waals surface area contributed by atoms with Crippen molar-refractivity contribution < 1.29 is 13.7 Å². The summed E-state index contributed by atoms with van der Waals surface area (Å²) in [6.45, 7) is 7.80. The van der Waals surface area contributed by atoms with Gasteiger partial charge in [0.25, 0.3) is 5.56 Å². The monoisotopic (exact) mass is 289 g/mol. The van der Waals surface area contributed by atoms with E-state index >= 15 is 0 Å². The van der Waals surface area contributed by atoms with Crippen LogP contribution < -0.4 is 11.0 Å². The molecule has 2 aromatic rings. The van der Waals surface area contributed by atoms with Crippen molar-refractivity contribution in [3.63, 3.8) is 0 Å². The fourth-order valence-corrected chi connectivity index (χ4v) is 2.47. The Hall–Kier alpha value is -1.66. The van der Waals surface area contributed by atoms with E-state index in [2.05, 4.69) is 4.98 Å². The number of pyridine rings is 1. The van der Waals surface area contributed by atoms with Crippen LogP contribution in [-0.4, -0.2) is 23.3 Å². The number of hydrogen-bond acceptors (Lipinski definition) is 3. The summed E-state index contributed by atoms with van der Waals surface area (Å²) in [6, 6.07) is 4.55. The number of H-pyrrole nitrogens is 1. The Morgan fingerprint density at radius 2 is 1.71 bits per heavy atom. The molecule has 1 aliphatic heterocycles. The van der Waals surface area contributed by atoms with Crippen molar-refractivity contribution in [2.75, 3.05) is 0 Å². The van der Waals surface area contributed by atoms with E-state index < -0.39 is 29.7 Å². The van der Waals surface area contributed by atoms with Gasteiger partial charge in [-0.2, -0.15) is 0 Å². The van der Waals surface area contributed by atoms with Gasteiger partial charge in [-0.3, -0.25) is 4.79 Å². The lowest BCUT2D eigenvalue weighted by molar-refractivity contribution is 0.00578. The zero-order valence-corrected chi connectivity index (χ0v) is 12.5. The van der Waals surface area contributed by atoms with Crippen molar-refractivity contribution in [1.29, 1.82) is 0 Å². The number of aromatic nitrogens is 1. The maximum Gasteiger partial charge on any atom is 0.495 e. The van der Waals surface area contributed by atoms with Crippen LogP contribution in [0.25, 0.3) is 10.8 Å². The molecule has 0 aliphatic carbocycles. The van der Waals surface area contributed by atoms with Gasteiger partial charge in [0.05, 0.1) is 16.6 Å². The summed E-state index contributed by atoms with van der Waals surface area (Å²) >= 11 is 0. The molecule has 0 atom stereocenters. The van der Waals surface area contributed by atoms with Gasteiger partial charge >= 0.3 is 7.12 Å². The average molecular weight is 289 g/mol. The first kappa shape index (κ1) is 14.3. The molecule has 0 saturated carbocycles. The summed E-state index contributed by atoms with van der Waals surface area (Å²) in [5.41, 5.74) is -0.765. The summed E-state index contributed by atoms with van der Waals surface area (Å²) in [5, 5.41) is 0.543. The second kappa shape index (κ2) is 4.42. The number of rotatable bonds is 1. The van der Waals surface area contributed by atoms with Crippen LogP contribution in [0.15, 0.2) is 29.2 Å². The molecule has 2 heterocycles. The number of aromatic amines is 1. The maximum absolute atomic E-state index is 13.9. The van der Waals surface area contributed by atoms with Gasteiger partial charge in [-0.1, -0.05) is 6.07 Å². The van der Waals surface area contributed by atoms with E-state index in [9.17, 15) is 9.18 Å². The topological polar surface area (TPSA) is 51.3 Å². The van der Waals surface area contributed by atoms with Crippen molar-refractivity contribution in [1.82, 2.24) is 4.98 Å². The van der Waals surface area contributed by atoms with Gasteiger partial charge in [-0.15, -0.1) is 0 Å². The zero-order valence-electron chi connectivity index (χ0n) is 12.5. The van der Waals surface area contributed by atoms with Crippen LogP contribution in [0.4, 0.5) is 4.39 Å². The van der Waals surface area contributed by atoms with Crippen molar-refractivity contribution in [3.8, 4) is 0 Å². The Morgan fingerprint density at radius 1 is 1.10 bits per heavy atom. The Balaban J connectivity index is 2.18. The Kier molecular flexibility index (Phi) is 3.01. The van der Waals surface area contributed by atoms with Gasteiger partial charge in [0.15, 0.2) is 0 Å². The quantitative estimate of drug-likeness (QED) is 0.817. The summed E-state index contributed by atoms with van der Waals surface area (Å²) in [6.07, 6.45) is 1.50. The first-order chi connectivity index (χ1) is 9.73. The average Bonchev–Trinajstić information content (AvgIpc) is 2.58. The van der Waals surface area contributed by atoms with Crippen LogP contribution in [0, 0.1) is 5.82 Å². The van der Waals surface area contributed by atoms with Gasteiger partial charge in [-0.05, 0) is 50.7 Å². The van der Waals surface area contributed by atoms with Crippen LogP contribution in [0.2, 0.25) is 0 Å². The van der Waals surface area contributed by atoms with Gasteiger partial charge in [0, 0.05) is 6.20 Å². The zero-order chi connectivity index (χ0) is 15.4. The fourth-order valence-electron chi connectivity index (χ4n) is 2.47. The molecule has 6 heteroatoms. The van der Waals surface area contributed by atoms with E-state index in [1.54, 1.807) is 12.1 Å². The minimum absolute atomic E-state index is 0.0321. The highest BCUT2D eigenvalue weighted by atomic mass is 19.1. The SMILES string of the molecule is CC1(C)OB(c2ccc(F)c3c(=O)[nH]ccc23)OC1(C)C. The second-order valence-electron chi connectivity index (χ2n) is 6.32. The number of hydrogen-bond donors (Lipinski definition) is 1. The maximum atomic E-state index is 13.9. The first-order valence-electron chi connectivity index (χ1n) is 6.88. The predicted molar refractivity (Wildman–Crippen MR) is 80.2 cm³/mol. The van der Waals surface area contributed by atoms with Crippen molar-refractivity contribution in [2.24, 2.45) is 0 Å². The number of halogens is 1. The number of nitrogens with one attached hydrogen (secondary N) is 1. The van der Waals surface area contributed by atoms with Crippen LogP contribution in [0.3, 0.4) is 0 Å². The van der Waals surface area contributed by atoms with Gasteiger partial charge in [0.1, 0.15) is 5.82 Å². The first-order valence-corrected chi connectivity index (χ1v) is 6.88. The molecular formula is C15H17BFNO3. The van der Waals surface area contributed by atoms with Gasteiger partial charge < -0.3 is 14.3 Å². The molecular weight excluding hydrogens is 272 g/mol. The Morgan fingerprint density at radius 3 is 2.33 bits per heavy atom. The molecule has 1 saturated heterocycles. The van der Waals surface area contributed by atoms with Crippen LogP contribution in [-0.2, 0) is 9.31 Å². The fraction of sp³-hybridized carbons (Fsp3) is 0.400. The molecule has 110 valence electrons. The summed E-state index contributed by atoms with van der Waals surface area (Å²) in [5.74, 6) is -0.549. The Bertz CT molecular complexity index is 753. The lowest BCUT2D eigenvalue weighted by Crippen LogP contribution is -2.41. The molecule has 0 bridgehead atoms. The molecule has 1 aromatic heterocycles. The summed E-state index contributed by atoms with van der Waals surface area (Å²) in [4.78, 5) is 14.3.